The lowest BCUT2D eigenvalue weighted by atomic mass is 9.98. The minimum atomic E-state index is 0.161. The van der Waals surface area contributed by atoms with Gasteiger partial charge in [-0.2, -0.15) is 0 Å². The molecule has 4 nitrogen and oxygen atoms in total. The minimum absolute atomic E-state index is 0.161. The molecule has 6 heteroatoms. The Balaban J connectivity index is 1.81. The molecule has 0 bridgehead atoms. The molecule has 0 aliphatic rings. The SMILES string of the molecule is C=Cc1cnc(C)c(O)c1-c1cc(C)ccc1SSc1ccc(C)cc1-c1c(C=C)cnc(C)c1O. The molecule has 0 aliphatic heterocycles. The third-order valence-corrected chi connectivity index (χ3v) is 8.48. The van der Waals surface area contributed by atoms with E-state index in [0.29, 0.717) is 11.4 Å². The van der Waals surface area contributed by atoms with Crippen LogP contribution in [0.3, 0.4) is 0 Å². The van der Waals surface area contributed by atoms with E-state index in [-0.39, 0.29) is 11.5 Å². The number of benzene rings is 2. The van der Waals surface area contributed by atoms with Gasteiger partial charge in [-0.05, 0) is 39.8 Å². The van der Waals surface area contributed by atoms with Crippen LogP contribution in [-0.4, -0.2) is 20.2 Å². The molecule has 4 aromatic rings. The molecule has 4 rings (SSSR count). The van der Waals surface area contributed by atoms with Crippen LogP contribution in [0.15, 0.2) is 71.7 Å². The third-order valence-electron chi connectivity index (χ3n) is 6.00. The van der Waals surface area contributed by atoms with Crippen molar-refractivity contribution in [3.63, 3.8) is 0 Å². The molecule has 0 spiro atoms. The monoisotopic (exact) mass is 512 g/mol. The molecule has 2 heterocycles. The number of hydrogen-bond donors (Lipinski definition) is 2. The second-order valence-electron chi connectivity index (χ2n) is 8.62. The van der Waals surface area contributed by atoms with Gasteiger partial charge < -0.3 is 10.2 Å². The van der Waals surface area contributed by atoms with E-state index in [2.05, 4.69) is 59.5 Å². The number of rotatable bonds is 7. The lowest BCUT2D eigenvalue weighted by Gasteiger charge is -2.17. The molecular formula is C30H28N2O2S2. The first-order valence-electron chi connectivity index (χ1n) is 11.4. The molecular weight excluding hydrogens is 484 g/mol. The van der Waals surface area contributed by atoms with Crippen molar-refractivity contribution in [2.75, 3.05) is 0 Å². The second-order valence-corrected chi connectivity index (χ2v) is 10.8. The van der Waals surface area contributed by atoms with E-state index >= 15 is 0 Å². The summed E-state index contributed by atoms with van der Waals surface area (Å²) in [5, 5.41) is 21.9. The highest BCUT2D eigenvalue weighted by atomic mass is 33.1. The first-order valence-corrected chi connectivity index (χ1v) is 13.6. The van der Waals surface area contributed by atoms with Crippen molar-refractivity contribution < 1.29 is 10.2 Å². The van der Waals surface area contributed by atoms with Gasteiger partial charge in [0.15, 0.2) is 0 Å². The molecule has 0 fully saturated rings. The smallest absolute Gasteiger partial charge is 0.145 e. The van der Waals surface area contributed by atoms with Crippen LogP contribution in [0.25, 0.3) is 34.4 Å². The molecule has 182 valence electrons. The standard InChI is InChI=1S/C30H28N2O2S2/c1-7-21-15-31-19(5)29(33)27(21)23-13-17(3)9-11-25(23)35-36-26-12-10-18(4)14-24(26)28-22(8-2)16-32-20(6)30(28)34/h7-16,33-34H,1-2H2,3-6H3. The van der Waals surface area contributed by atoms with Crippen molar-refractivity contribution in [2.24, 2.45) is 0 Å². The summed E-state index contributed by atoms with van der Waals surface area (Å²) in [5.74, 6) is 0.322. The zero-order valence-electron chi connectivity index (χ0n) is 20.8. The van der Waals surface area contributed by atoms with E-state index in [0.717, 1.165) is 54.3 Å². The van der Waals surface area contributed by atoms with Crippen LogP contribution in [-0.2, 0) is 0 Å². The van der Waals surface area contributed by atoms with Gasteiger partial charge in [0.25, 0.3) is 0 Å². The number of pyridine rings is 2. The molecule has 36 heavy (non-hydrogen) atoms. The fourth-order valence-electron chi connectivity index (χ4n) is 4.01. The molecule has 2 aromatic carbocycles. The highest BCUT2D eigenvalue weighted by Gasteiger charge is 2.19. The van der Waals surface area contributed by atoms with Gasteiger partial charge in [0.1, 0.15) is 11.5 Å². The van der Waals surface area contributed by atoms with E-state index in [1.165, 1.54) is 0 Å². The Labute approximate surface area is 220 Å². The van der Waals surface area contributed by atoms with Gasteiger partial charge in [-0.25, -0.2) is 0 Å². The molecule has 0 amide bonds. The maximum absolute atomic E-state index is 10.9. The van der Waals surface area contributed by atoms with Gasteiger partial charge in [-0.15, -0.1) is 0 Å². The van der Waals surface area contributed by atoms with Crippen LogP contribution < -0.4 is 0 Å². The van der Waals surface area contributed by atoms with Crippen LogP contribution in [0, 0.1) is 27.7 Å². The predicted octanol–water partition coefficient (Wildman–Crippen LogP) is 8.54. The summed E-state index contributed by atoms with van der Waals surface area (Å²) in [6.45, 7) is 15.5. The number of aromatic nitrogens is 2. The quantitative estimate of drug-likeness (QED) is 0.242. The molecule has 0 saturated carbocycles. The van der Waals surface area contributed by atoms with Crippen LogP contribution in [0.1, 0.15) is 33.6 Å². The average molecular weight is 513 g/mol. The van der Waals surface area contributed by atoms with Gasteiger partial charge in [-0.1, -0.05) is 82.3 Å². The molecule has 2 aromatic heterocycles. The fraction of sp³-hybridized carbons (Fsp3) is 0.133. The highest BCUT2D eigenvalue weighted by Crippen LogP contribution is 2.49. The fourth-order valence-corrected chi connectivity index (χ4v) is 6.35. The third kappa shape index (κ3) is 4.92. The Morgan fingerprint density at radius 1 is 0.667 bits per heavy atom. The lowest BCUT2D eigenvalue weighted by molar-refractivity contribution is 0.469. The Morgan fingerprint density at radius 2 is 1.06 bits per heavy atom. The van der Waals surface area contributed by atoms with Gasteiger partial charge >= 0.3 is 0 Å². The van der Waals surface area contributed by atoms with Gasteiger partial charge in [0.2, 0.25) is 0 Å². The normalized spacial score (nSPS) is 10.9. The van der Waals surface area contributed by atoms with E-state index in [1.54, 1.807) is 60.0 Å². The Kier molecular flexibility index (Phi) is 7.57. The summed E-state index contributed by atoms with van der Waals surface area (Å²) in [5.41, 5.74) is 8.18. The van der Waals surface area contributed by atoms with Gasteiger partial charge in [0.05, 0.1) is 11.4 Å². The zero-order valence-corrected chi connectivity index (χ0v) is 22.4. The summed E-state index contributed by atoms with van der Waals surface area (Å²) >= 11 is 0. The van der Waals surface area contributed by atoms with Crippen LogP contribution in [0.2, 0.25) is 0 Å². The Hall–Kier alpha value is -3.48. The number of aryl methyl sites for hydroxylation is 4. The summed E-state index contributed by atoms with van der Waals surface area (Å²) < 4.78 is 0. The largest absolute Gasteiger partial charge is 0.505 e. The molecule has 0 atom stereocenters. The zero-order chi connectivity index (χ0) is 26.0. The number of nitrogens with zero attached hydrogens (tertiary/aromatic N) is 2. The average Bonchev–Trinajstić information content (AvgIpc) is 2.87. The predicted molar refractivity (Wildman–Crippen MR) is 154 cm³/mol. The first-order chi connectivity index (χ1) is 17.2. The van der Waals surface area contributed by atoms with Crippen molar-refractivity contribution >= 4 is 33.7 Å². The lowest BCUT2D eigenvalue weighted by Crippen LogP contribution is -1.94. The first kappa shape index (κ1) is 25.6. The van der Waals surface area contributed by atoms with Crippen LogP contribution in [0.4, 0.5) is 0 Å². The molecule has 0 aliphatic carbocycles. The molecule has 0 radical (unpaired) electrons. The summed E-state index contributed by atoms with van der Waals surface area (Å²) in [4.78, 5) is 10.6. The summed E-state index contributed by atoms with van der Waals surface area (Å²) in [6, 6.07) is 12.4. The maximum Gasteiger partial charge on any atom is 0.145 e. The van der Waals surface area contributed by atoms with Crippen molar-refractivity contribution in [3.8, 4) is 33.8 Å². The maximum atomic E-state index is 10.9. The van der Waals surface area contributed by atoms with Crippen molar-refractivity contribution in [2.45, 2.75) is 37.5 Å². The van der Waals surface area contributed by atoms with E-state index in [4.69, 9.17) is 0 Å². The molecule has 2 N–H and O–H groups in total. The molecule has 0 saturated heterocycles. The van der Waals surface area contributed by atoms with E-state index in [9.17, 15) is 10.2 Å². The van der Waals surface area contributed by atoms with Crippen LogP contribution >= 0.6 is 21.6 Å². The van der Waals surface area contributed by atoms with E-state index < -0.39 is 0 Å². The van der Waals surface area contributed by atoms with Crippen molar-refractivity contribution in [3.05, 3.63) is 95.6 Å². The topological polar surface area (TPSA) is 66.2 Å². The molecule has 0 unspecified atom stereocenters. The Bertz CT molecular complexity index is 1380. The second kappa shape index (κ2) is 10.6. The Morgan fingerprint density at radius 3 is 1.42 bits per heavy atom. The minimum Gasteiger partial charge on any atom is -0.505 e. The van der Waals surface area contributed by atoms with Gasteiger partial charge in [0, 0.05) is 55.6 Å². The number of hydrogen-bond acceptors (Lipinski definition) is 6. The highest BCUT2D eigenvalue weighted by molar-refractivity contribution is 8.76. The van der Waals surface area contributed by atoms with Crippen molar-refractivity contribution in [1.82, 2.24) is 9.97 Å². The summed E-state index contributed by atoms with van der Waals surface area (Å²) in [6.07, 6.45) is 6.92. The van der Waals surface area contributed by atoms with Gasteiger partial charge in [-0.3, -0.25) is 9.97 Å². The van der Waals surface area contributed by atoms with Crippen molar-refractivity contribution in [1.29, 1.82) is 0 Å². The van der Waals surface area contributed by atoms with E-state index in [1.807, 2.05) is 13.8 Å². The summed E-state index contributed by atoms with van der Waals surface area (Å²) in [7, 11) is 3.21. The number of aromatic hydroxyl groups is 2. The van der Waals surface area contributed by atoms with Crippen LogP contribution in [0.5, 0.6) is 11.5 Å².